The zero-order valence-electron chi connectivity index (χ0n) is 7.32. The van der Waals surface area contributed by atoms with Crippen LogP contribution in [0.2, 0.25) is 0 Å². The molecule has 0 fully saturated rings. The number of hydrogen-bond acceptors (Lipinski definition) is 7. The fourth-order valence-electron chi connectivity index (χ4n) is 0.733. The Morgan fingerprint density at radius 2 is 1.80 bits per heavy atom. The number of nitrogens with one attached hydrogen (secondary N) is 1. The molecule has 0 bridgehead atoms. The third kappa shape index (κ3) is 2.43. The van der Waals surface area contributed by atoms with Crippen LogP contribution >= 0.6 is 0 Å². The monoisotopic (exact) mass is 210 g/mol. The number of nitrogens with zero attached hydrogens (tertiary/aromatic N) is 4. The molecule has 9 heteroatoms. The van der Waals surface area contributed by atoms with Crippen LogP contribution in [0.4, 0.5) is 17.8 Å². The fourth-order valence-corrected chi connectivity index (χ4v) is 0.733. The lowest BCUT2D eigenvalue weighted by molar-refractivity contribution is -0.114. The number of carbonyl (C=O) groups excluding carboxylic acids is 3. The highest BCUT2D eigenvalue weighted by atomic mass is 16.2. The van der Waals surface area contributed by atoms with Gasteiger partial charge < -0.3 is 5.73 Å². The lowest BCUT2D eigenvalue weighted by atomic mass is 10.7. The first kappa shape index (κ1) is 10.5. The van der Waals surface area contributed by atoms with E-state index in [1.54, 1.807) is 0 Å². The Morgan fingerprint density at radius 1 is 1.13 bits per heavy atom. The van der Waals surface area contributed by atoms with Crippen molar-refractivity contribution in [1.82, 2.24) is 15.0 Å². The molecule has 0 spiro atoms. The van der Waals surface area contributed by atoms with Gasteiger partial charge in [-0.2, -0.15) is 15.0 Å². The average Bonchev–Trinajstić information content (AvgIpc) is 2.19. The number of amides is 3. The van der Waals surface area contributed by atoms with Gasteiger partial charge in [-0.25, -0.2) is 4.90 Å². The van der Waals surface area contributed by atoms with Crippen LogP contribution in [0.1, 0.15) is 0 Å². The van der Waals surface area contributed by atoms with Crippen molar-refractivity contribution >= 4 is 37.1 Å². The van der Waals surface area contributed by atoms with Crippen LogP contribution in [0.15, 0.2) is 0 Å². The summed E-state index contributed by atoms with van der Waals surface area (Å²) in [5, 5.41) is 2.11. The molecule has 78 valence electrons. The predicted molar refractivity (Wildman–Crippen MR) is 48.5 cm³/mol. The third-order valence-corrected chi connectivity index (χ3v) is 1.29. The second kappa shape index (κ2) is 4.60. The summed E-state index contributed by atoms with van der Waals surface area (Å²) in [5.74, 6) is -0.642. The van der Waals surface area contributed by atoms with Crippen LogP contribution in [-0.2, 0) is 14.4 Å². The van der Waals surface area contributed by atoms with Crippen LogP contribution in [0.5, 0.6) is 0 Å². The maximum Gasteiger partial charge on any atom is 0.245 e. The summed E-state index contributed by atoms with van der Waals surface area (Å²) < 4.78 is 0. The van der Waals surface area contributed by atoms with Crippen molar-refractivity contribution in [3.63, 3.8) is 0 Å². The Balaban J connectivity index is 3.11. The van der Waals surface area contributed by atoms with Crippen molar-refractivity contribution in [1.29, 1.82) is 0 Å². The summed E-state index contributed by atoms with van der Waals surface area (Å²) in [6.45, 7) is 0. The lowest BCUT2D eigenvalue weighted by Crippen LogP contribution is -2.22. The molecule has 15 heavy (non-hydrogen) atoms. The van der Waals surface area contributed by atoms with Crippen LogP contribution < -0.4 is 16.0 Å². The number of nitrogen functional groups attached to an aromatic ring is 1. The molecule has 0 aliphatic heterocycles. The molecule has 1 aromatic heterocycles. The quantitative estimate of drug-likeness (QED) is 0.544. The first-order valence-electron chi connectivity index (χ1n) is 3.62. The summed E-state index contributed by atoms with van der Waals surface area (Å²) in [7, 11) is 0. The second-order valence-corrected chi connectivity index (χ2v) is 2.20. The van der Waals surface area contributed by atoms with Crippen molar-refractivity contribution in [3.05, 3.63) is 0 Å². The summed E-state index contributed by atoms with van der Waals surface area (Å²) in [6, 6.07) is 0. The largest absolute Gasteiger partial charge is 0.368 e. The van der Waals surface area contributed by atoms with E-state index < -0.39 is 0 Å². The molecule has 0 aliphatic carbocycles. The molecule has 1 heterocycles. The highest BCUT2D eigenvalue weighted by Crippen LogP contribution is 2.08. The summed E-state index contributed by atoms with van der Waals surface area (Å²) in [4.78, 5) is 42.0. The Kier molecular flexibility index (Phi) is 3.22. The minimum Gasteiger partial charge on any atom is -0.368 e. The van der Waals surface area contributed by atoms with Gasteiger partial charge in [0.2, 0.25) is 37.1 Å². The Hall–Kier alpha value is -2.58. The molecule has 0 saturated carbocycles. The van der Waals surface area contributed by atoms with Crippen molar-refractivity contribution in [2.75, 3.05) is 16.0 Å². The SMILES string of the molecule is Nc1nc(NC=O)nc(N(C=O)C=O)n1. The van der Waals surface area contributed by atoms with Gasteiger partial charge in [0.05, 0.1) is 0 Å². The maximum absolute atomic E-state index is 10.4. The maximum atomic E-state index is 10.4. The van der Waals surface area contributed by atoms with E-state index in [2.05, 4.69) is 20.3 Å². The predicted octanol–water partition coefficient (Wildman–Crippen LogP) is -1.86. The zero-order valence-corrected chi connectivity index (χ0v) is 7.32. The minimum atomic E-state index is -0.267. The molecule has 3 amide bonds. The van der Waals surface area contributed by atoms with Crippen molar-refractivity contribution < 1.29 is 14.4 Å². The highest BCUT2D eigenvalue weighted by Gasteiger charge is 2.10. The number of nitrogens with two attached hydrogens (primary N) is 1. The molecule has 9 nitrogen and oxygen atoms in total. The van der Waals surface area contributed by atoms with E-state index in [0.717, 1.165) is 0 Å². The molecule has 0 aromatic carbocycles. The number of hydrogen-bond donors (Lipinski definition) is 2. The molecular formula is C6H6N6O3. The number of aromatic nitrogens is 3. The number of anilines is 3. The number of imide groups is 1. The Bertz CT molecular complexity index is 386. The van der Waals surface area contributed by atoms with Gasteiger partial charge in [-0.15, -0.1) is 0 Å². The van der Waals surface area contributed by atoms with Gasteiger partial charge in [-0.05, 0) is 0 Å². The average molecular weight is 210 g/mol. The molecule has 0 atom stereocenters. The van der Waals surface area contributed by atoms with Gasteiger partial charge in [0.25, 0.3) is 0 Å². The minimum absolute atomic E-state index is 0.152. The van der Waals surface area contributed by atoms with Crippen LogP contribution in [0.3, 0.4) is 0 Å². The zero-order chi connectivity index (χ0) is 11.3. The molecular weight excluding hydrogens is 204 g/mol. The van der Waals surface area contributed by atoms with E-state index in [1.165, 1.54) is 0 Å². The number of rotatable bonds is 5. The highest BCUT2D eigenvalue weighted by molar-refractivity contribution is 5.93. The number of carbonyl (C=O) groups is 3. The van der Waals surface area contributed by atoms with Gasteiger partial charge in [-0.1, -0.05) is 0 Å². The molecule has 0 unspecified atom stereocenters. The smallest absolute Gasteiger partial charge is 0.245 e. The van der Waals surface area contributed by atoms with Gasteiger partial charge in [0.1, 0.15) is 0 Å². The van der Waals surface area contributed by atoms with E-state index >= 15 is 0 Å². The van der Waals surface area contributed by atoms with Crippen molar-refractivity contribution in [2.45, 2.75) is 0 Å². The second-order valence-electron chi connectivity index (χ2n) is 2.20. The van der Waals surface area contributed by atoms with Crippen molar-refractivity contribution in [3.8, 4) is 0 Å². The van der Waals surface area contributed by atoms with E-state index in [-0.39, 0.29) is 30.7 Å². The molecule has 0 aliphatic rings. The topological polar surface area (TPSA) is 131 Å². The van der Waals surface area contributed by atoms with E-state index in [9.17, 15) is 14.4 Å². The first-order valence-corrected chi connectivity index (χ1v) is 3.62. The van der Waals surface area contributed by atoms with Crippen LogP contribution in [-0.4, -0.2) is 34.2 Å². The van der Waals surface area contributed by atoms with Crippen LogP contribution in [0.25, 0.3) is 0 Å². The van der Waals surface area contributed by atoms with E-state index in [1.807, 2.05) is 0 Å². The standard InChI is InChI=1S/C6H6N6O3/c7-4-9-5(8-1-13)11-6(10-4)12(2-14)3-15/h1-3H,(H3,7,8,9,10,11,13). The van der Waals surface area contributed by atoms with Gasteiger partial charge in [0.15, 0.2) is 0 Å². The molecule has 3 N–H and O–H groups in total. The summed E-state index contributed by atoms with van der Waals surface area (Å²) in [5.41, 5.74) is 5.26. The Labute approximate surface area is 83.3 Å². The fraction of sp³-hybridized carbons (Fsp3) is 0. The summed E-state index contributed by atoms with van der Waals surface area (Å²) >= 11 is 0. The molecule has 1 rings (SSSR count). The first-order chi connectivity index (χ1) is 7.21. The molecule has 1 aromatic rings. The van der Waals surface area contributed by atoms with Crippen LogP contribution in [0, 0.1) is 0 Å². The van der Waals surface area contributed by atoms with Gasteiger partial charge in [-0.3, -0.25) is 19.7 Å². The third-order valence-electron chi connectivity index (χ3n) is 1.29. The molecule has 0 radical (unpaired) electrons. The lowest BCUT2D eigenvalue weighted by Gasteiger charge is -2.07. The molecule has 0 saturated heterocycles. The van der Waals surface area contributed by atoms with E-state index in [4.69, 9.17) is 5.73 Å². The summed E-state index contributed by atoms with van der Waals surface area (Å²) in [6.07, 6.45) is 0.726. The Morgan fingerprint density at radius 3 is 2.33 bits per heavy atom. The van der Waals surface area contributed by atoms with Gasteiger partial charge >= 0.3 is 0 Å². The van der Waals surface area contributed by atoms with E-state index in [0.29, 0.717) is 11.3 Å². The van der Waals surface area contributed by atoms with Gasteiger partial charge in [0, 0.05) is 0 Å². The normalized spacial score (nSPS) is 9.07. The van der Waals surface area contributed by atoms with Crippen molar-refractivity contribution in [2.24, 2.45) is 0 Å².